The molecular formula is C24H23N3O2. The second-order valence-electron chi connectivity index (χ2n) is 7.30. The van der Waals surface area contributed by atoms with Gasteiger partial charge in [0.05, 0.1) is 12.0 Å². The molecular weight excluding hydrogens is 362 g/mol. The Hall–Kier alpha value is -3.47. The van der Waals surface area contributed by atoms with E-state index < -0.39 is 0 Å². The van der Waals surface area contributed by atoms with Gasteiger partial charge in [0.1, 0.15) is 0 Å². The fourth-order valence-electron chi connectivity index (χ4n) is 3.72. The van der Waals surface area contributed by atoms with Crippen molar-refractivity contribution in [3.63, 3.8) is 0 Å². The predicted molar refractivity (Wildman–Crippen MR) is 111 cm³/mol. The first-order valence-electron chi connectivity index (χ1n) is 9.77. The van der Waals surface area contributed by atoms with E-state index >= 15 is 0 Å². The van der Waals surface area contributed by atoms with Crippen molar-refractivity contribution in [1.82, 2.24) is 15.2 Å². The van der Waals surface area contributed by atoms with Crippen LogP contribution in [0.3, 0.4) is 0 Å². The summed E-state index contributed by atoms with van der Waals surface area (Å²) in [5.74, 6) is -0.441. The molecule has 5 heteroatoms. The Bertz CT molecular complexity index is 922. The van der Waals surface area contributed by atoms with Crippen molar-refractivity contribution in [2.24, 2.45) is 5.92 Å². The van der Waals surface area contributed by atoms with Gasteiger partial charge in [-0.1, -0.05) is 66.7 Å². The van der Waals surface area contributed by atoms with Crippen molar-refractivity contribution >= 4 is 11.8 Å². The Morgan fingerprint density at radius 2 is 1.66 bits per heavy atom. The highest BCUT2D eigenvalue weighted by Crippen LogP contribution is 2.25. The molecule has 1 aromatic heterocycles. The van der Waals surface area contributed by atoms with E-state index in [4.69, 9.17) is 0 Å². The van der Waals surface area contributed by atoms with E-state index in [2.05, 4.69) is 10.3 Å². The van der Waals surface area contributed by atoms with Crippen LogP contribution < -0.4 is 5.32 Å². The molecule has 29 heavy (non-hydrogen) atoms. The minimum absolute atomic E-state index is 0.00461. The lowest BCUT2D eigenvalue weighted by molar-refractivity contribution is -0.129. The van der Waals surface area contributed by atoms with Crippen LogP contribution in [0.1, 0.15) is 29.2 Å². The predicted octanol–water partition coefficient (Wildman–Crippen LogP) is 3.34. The van der Waals surface area contributed by atoms with E-state index in [9.17, 15) is 9.59 Å². The van der Waals surface area contributed by atoms with E-state index in [-0.39, 0.29) is 30.2 Å². The number of pyridine rings is 1. The van der Waals surface area contributed by atoms with E-state index in [1.165, 1.54) is 0 Å². The summed E-state index contributed by atoms with van der Waals surface area (Å²) >= 11 is 0. The number of likely N-dealkylation sites (tertiary alicyclic amines) is 1. The highest BCUT2D eigenvalue weighted by atomic mass is 16.2. The zero-order valence-corrected chi connectivity index (χ0v) is 16.1. The maximum Gasteiger partial charge on any atom is 0.226 e. The SMILES string of the molecule is O=C(NC(c1ccccc1)c1ccccc1)C1CC(=O)N(Cc2cccnc2)C1. The largest absolute Gasteiger partial charge is 0.345 e. The summed E-state index contributed by atoms with van der Waals surface area (Å²) < 4.78 is 0. The Labute approximate surface area is 170 Å². The van der Waals surface area contributed by atoms with Crippen LogP contribution >= 0.6 is 0 Å². The second-order valence-corrected chi connectivity index (χ2v) is 7.30. The Kier molecular flexibility index (Phi) is 5.66. The normalized spacial score (nSPS) is 16.2. The molecule has 2 aromatic carbocycles. The topological polar surface area (TPSA) is 62.3 Å². The van der Waals surface area contributed by atoms with Gasteiger partial charge in [-0.05, 0) is 22.8 Å². The molecule has 1 aliphatic heterocycles. The fraction of sp³-hybridized carbons (Fsp3) is 0.208. The molecule has 3 aromatic rings. The van der Waals surface area contributed by atoms with E-state index in [0.29, 0.717) is 13.1 Å². The van der Waals surface area contributed by atoms with Gasteiger partial charge in [-0.2, -0.15) is 0 Å². The molecule has 0 spiro atoms. The summed E-state index contributed by atoms with van der Waals surface area (Å²) in [6, 6.07) is 23.3. The molecule has 0 saturated carbocycles. The molecule has 0 bridgehead atoms. The van der Waals surface area contributed by atoms with Crippen molar-refractivity contribution in [2.45, 2.75) is 19.0 Å². The van der Waals surface area contributed by atoms with Crippen molar-refractivity contribution in [3.05, 3.63) is 102 Å². The van der Waals surface area contributed by atoms with Crippen molar-refractivity contribution in [2.75, 3.05) is 6.54 Å². The highest BCUT2D eigenvalue weighted by Gasteiger charge is 2.35. The van der Waals surface area contributed by atoms with Crippen LogP contribution in [-0.2, 0) is 16.1 Å². The zero-order valence-electron chi connectivity index (χ0n) is 16.1. The smallest absolute Gasteiger partial charge is 0.226 e. The number of hydrogen-bond acceptors (Lipinski definition) is 3. The number of hydrogen-bond donors (Lipinski definition) is 1. The average molecular weight is 385 g/mol. The first-order valence-corrected chi connectivity index (χ1v) is 9.77. The highest BCUT2D eigenvalue weighted by molar-refractivity contribution is 5.89. The Morgan fingerprint density at radius 1 is 1.00 bits per heavy atom. The van der Waals surface area contributed by atoms with Crippen LogP contribution in [0, 0.1) is 5.92 Å². The average Bonchev–Trinajstić information content (AvgIpc) is 3.14. The van der Waals surface area contributed by atoms with E-state index in [1.807, 2.05) is 72.8 Å². The molecule has 4 rings (SSSR count). The number of amides is 2. The molecule has 2 amide bonds. The third-order valence-electron chi connectivity index (χ3n) is 5.23. The Balaban J connectivity index is 1.47. The molecule has 1 atom stereocenters. The maximum atomic E-state index is 13.0. The van der Waals surface area contributed by atoms with Gasteiger partial charge in [-0.25, -0.2) is 0 Å². The van der Waals surface area contributed by atoms with Crippen molar-refractivity contribution < 1.29 is 9.59 Å². The first-order chi connectivity index (χ1) is 14.2. The quantitative estimate of drug-likeness (QED) is 0.708. The fourth-order valence-corrected chi connectivity index (χ4v) is 3.72. The third kappa shape index (κ3) is 4.51. The molecule has 146 valence electrons. The van der Waals surface area contributed by atoms with Gasteiger partial charge in [-0.15, -0.1) is 0 Å². The van der Waals surface area contributed by atoms with Gasteiger partial charge in [0.25, 0.3) is 0 Å². The van der Waals surface area contributed by atoms with Gasteiger partial charge in [0.2, 0.25) is 11.8 Å². The third-order valence-corrected chi connectivity index (χ3v) is 5.23. The number of benzene rings is 2. The van der Waals surface area contributed by atoms with Crippen LogP contribution in [0.5, 0.6) is 0 Å². The summed E-state index contributed by atoms with van der Waals surface area (Å²) in [4.78, 5) is 31.3. The van der Waals surface area contributed by atoms with E-state index in [1.54, 1.807) is 17.3 Å². The van der Waals surface area contributed by atoms with Crippen LogP contribution in [-0.4, -0.2) is 28.2 Å². The number of carbonyl (C=O) groups is 2. The number of nitrogens with one attached hydrogen (secondary N) is 1. The van der Waals surface area contributed by atoms with Crippen LogP contribution in [0.4, 0.5) is 0 Å². The van der Waals surface area contributed by atoms with E-state index in [0.717, 1.165) is 16.7 Å². The lowest BCUT2D eigenvalue weighted by atomic mass is 9.97. The van der Waals surface area contributed by atoms with Gasteiger partial charge < -0.3 is 10.2 Å². The standard InChI is InChI=1S/C24H23N3O2/c28-22-14-21(17-27(22)16-18-8-7-13-25-15-18)24(29)26-23(19-9-3-1-4-10-19)20-11-5-2-6-12-20/h1-13,15,21,23H,14,16-17H2,(H,26,29). The van der Waals surface area contributed by atoms with Gasteiger partial charge in [0, 0.05) is 31.9 Å². The summed E-state index contributed by atoms with van der Waals surface area (Å²) in [7, 11) is 0. The zero-order chi connectivity index (χ0) is 20.1. The molecule has 1 unspecified atom stereocenters. The number of carbonyl (C=O) groups excluding carboxylic acids is 2. The van der Waals surface area contributed by atoms with Crippen LogP contribution in [0.25, 0.3) is 0 Å². The summed E-state index contributed by atoms with van der Waals surface area (Å²) in [6.45, 7) is 0.910. The maximum absolute atomic E-state index is 13.0. The minimum atomic E-state index is -0.353. The molecule has 0 radical (unpaired) electrons. The molecule has 1 fully saturated rings. The molecule has 1 N–H and O–H groups in total. The second kappa shape index (κ2) is 8.69. The lowest BCUT2D eigenvalue weighted by Crippen LogP contribution is -2.36. The van der Waals surface area contributed by atoms with Crippen molar-refractivity contribution in [3.8, 4) is 0 Å². The van der Waals surface area contributed by atoms with Crippen molar-refractivity contribution in [1.29, 1.82) is 0 Å². The minimum Gasteiger partial charge on any atom is -0.345 e. The van der Waals surface area contributed by atoms with Gasteiger partial charge >= 0.3 is 0 Å². The lowest BCUT2D eigenvalue weighted by Gasteiger charge is -2.22. The summed E-state index contributed by atoms with van der Waals surface area (Å²) in [6.07, 6.45) is 3.70. The first kappa shape index (κ1) is 18.9. The van der Waals surface area contributed by atoms with Gasteiger partial charge in [-0.3, -0.25) is 14.6 Å². The number of aromatic nitrogens is 1. The molecule has 0 aliphatic carbocycles. The summed E-state index contributed by atoms with van der Waals surface area (Å²) in [5.41, 5.74) is 3.00. The van der Waals surface area contributed by atoms with Crippen LogP contribution in [0.15, 0.2) is 85.2 Å². The summed E-state index contributed by atoms with van der Waals surface area (Å²) in [5, 5.41) is 3.17. The molecule has 1 aliphatic rings. The van der Waals surface area contributed by atoms with Crippen LogP contribution in [0.2, 0.25) is 0 Å². The molecule has 5 nitrogen and oxygen atoms in total. The number of rotatable bonds is 6. The molecule has 2 heterocycles. The Morgan fingerprint density at radius 3 is 2.24 bits per heavy atom. The monoisotopic (exact) mass is 385 g/mol. The number of nitrogens with zero attached hydrogens (tertiary/aromatic N) is 2. The van der Waals surface area contributed by atoms with Gasteiger partial charge in [0.15, 0.2) is 0 Å². The molecule has 1 saturated heterocycles.